The van der Waals surface area contributed by atoms with Gasteiger partial charge in [-0.15, -0.1) is 11.8 Å². The third-order valence-electron chi connectivity index (χ3n) is 2.29. The lowest BCUT2D eigenvalue weighted by Crippen LogP contribution is -1.97. The normalized spacial score (nSPS) is 10.6. The van der Waals surface area contributed by atoms with Crippen LogP contribution >= 0.6 is 11.8 Å². The highest BCUT2D eigenvalue weighted by molar-refractivity contribution is 7.98. The number of nitrogen functional groups attached to an aromatic ring is 1. The van der Waals surface area contributed by atoms with Crippen LogP contribution in [0.4, 0.5) is 5.82 Å². The number of anilines is 1. The van der Waals surface area contributed by atoms with Gasteiger partial charge in [-0.3, -0.25) is 0 Å². The summed E-state index contributed by atoms with van der Waals surface area (Å²) in [5.74, 6) is 1.46. The van der Waals surface area contributed by atoms with Gasteiger partial charge in [-0.25, -0.2) is 9.97 Å². The molecule has 0 aliphatic carbocycles. The van der Waals surface area contributed by atoms with Crippen LogP contribution in [-0.2, 0) is 12.3 Å². The van der Waals surface area contributed by atoms with Crippen molar-refractivity contribution in [1.82, 2.24) is 14.5 Å². The lowest BCUT2D eigenvalue weighted by Gasteiger charge is -2.04. The molecule has 0 amide bonds. The zero-order valence-electron chi connectivity index (χ0n) is 9.13. The van der Waals surface area contributed by atoms with Gasteiger partial charge in [0.25, 0.3) is 0 Å². The second-order valence-corrected chi connectivity index (χ2v) is 4.43. The molecular weight excluding hydrogens is 220 g/mol. The number of nitrogens with two attached hydrogens (primary N) is 1. The third kappa shape index (κ3) is 2.55. The summed E-state index contributed by atoms with van der Waals surface area (Å²) >= 11 is 1.74. The zero-order valence-corrected chi connectivity index (χ0v) is 9.94. The van der Waals surface area contributed by atoms with E-state index in [1.165, 1.54) is 5.69 Å². The zero-order chi connectivity index (χ0) is 11.4. The van der Waals surface area contributed by atoms with Crippen LogP contribution in [0.25, 0.3) is 0 Å². The van der Waals surface area contributed by atoms with Crippen LogP contribution in [0.15, 0.2) is 35.7 Å². The summed E-state index contributed by atoms with van der Waals surface area (Å²) in [6, 6.07) is 3.80. The molecule has 16 heavy (non-hydrogen) atoms. The molecule has 0 fully saturated rings. The quantitative estimate of drug-likeness (QED) is 0.824. The minimum atomic E-state index is 0.558. The summed E-state index contributed by atoms with van der Waals surface area (Å²) in [6.45, 7) is 3.07. The average molecular weight is 234 g/mol. The van der Waals surface area contributed by atoms with Crippen LogP contribution in [0, 0.1) is 0 Å². The first kappa shape index (κ1) is 11.0. The lowest BCUT2D eigenvalue weighted by molar-refractivity contribution is 0.734. The molecule has 0 aliphatic heterocycles. The predicted molar refractivity (Wildman–Crippen MR) is 66.1 cm³/mol. The van der Waals surface area contributed by atoms with Crippen LogP contribution in [0.1, 0.15) is 12.6 Å². The first-order valence-corrected chi connectivity index (χ1v) is 6.11. The summed E-state index contributed by atoms with van der Waals surface area (Å²) in [5, 5.41) is 0. The Balaban J connectivity index is 1.99. The number of nitrogens with zero attached hydrogens (tertiary/aromatic N) is 3. The number of pyridine rings is 1. The topological polar surface area (TPSA) is 56.7 Å². The molecule has 84 valence electrons. The summed E-state index contributed by atoms with van der Waals surface area (Å²) in [5.41, 5.74) is 6.75. The molecule has 5 heteroatoms. The predicted octanol–water partition coefficient (Wildman–Crippen LogP) is 2.17. The van der Waals surface area contributed by atoms with Gasteiger partial charge in [-0.1, -0.05) is 0 Å². The number of hydrogen-bond donors (Lipinski definition) is 1. The Kier molecular flexibility index (Phi) is 3.46. The second-order valence-electron chi connectivity index (χ2n) is 3.38. The van der Waals surface area contributed by atoms with E-state index in [0.717, 1.165) is 17.2 Å². The lowest BCUT2D eigenvalue weighted by atomic mass is 10.5. The molecule has 0 atom stereocenters. The maximum absolute atomic E-state index is 5.53. The van der Waals surface area contributed by atoms with Crippen LogP contribution < -0.4 is 5.73 Å². The second kappa shape index (κ2) is 5.03. The minimum Gasteiger partial charge on any atom is -0.384 e. The van der Waals surface area contributed by atoms with E-state index in [9.17, 15) is 0 Å². The van der Waals surface area contributed by atoms with Crippen molar-refractivity contribution in [2.45, 2.75) is 24.1 Å². The number of aryl methyl sites for hydroxylation is 1. The molecule has 2 aromatic heterocycles. The van der Waals surface area contributed by atoms with Gasteiger partial charge in [0.15, 0.2) is 0 Å². The van der Waals surface area contributed by atoms with Crippen molar-refractivity contribution >= 4 is 17.6 Å². The van der Waals surface area contributed by atoms with Gasteiger partial charge in [0.2, 0.25) is 0 Å². The van der Waals surface area contributed by atoms with Crippen molar-refractivity contribution in [3.63, 3.8) is 0 Å². The highest BCUT2D eigenvalue weighted by Gasteiger charge is 2.01. The van der Waals surface area contributed by atoms with Crippen molar-refractivity contribution in [1.29, 1.82) is 0 Å². The molecule has 0 unspecified atom stereocenters. The minimum absolute atomic E-state index is 0.558. The number of imidazole rings is 1. The van der Waals surface area contributed by atoms with Crippen LogP contribution in [0.2, 0.25) is 0 Å². The fourth-order valence-electron chi connectivity index (χ4n) is 1.39. The SMILES string of the molecule is CCn1cncc1CSc1ccc(N)nc1. The van der Waals surface area contributed by atoms with Crippen LogP contribution in [-0.4, -0.2) is 14.5 Å². The third-order valence-corrected chi connectivity index (χ3v) is 3.30. The Morgan fingerprint density at radius 1 is 1.38 bits per heavy atom. The van der Waals surface area contributed by atoms with Gasteiger partial charge >= 0.3 is 0 Å². The highest BCUT2D eigenvalue weighted by Crippen LogP contribution is 2.22. The average Bonchev–Trinajstić information content (AvgIpc) is 2.76. The molecule has 2 rings (SSSR count). The van der Waals surface area contributed by atoms with E-state index < -0.39 is 0 Å². The van der Waals surface area contributed by atoms with E-state index in [2.05, 4.69) is 21.5 Å². The summed E-state index contributed by atoms with van der Waals surface area (Å²) in [7, 11) is 0. The molecule has 4 nitrogen and oxygen atoms in total. The molecule has 0 saturated carbocycles. The van der Waals surface area contributed by atoms with Gasteiger partial charge in [0.05, 0.1) is 6.33 Å². The van der Waals surface area contributed by atoms with Crippen molar-refractivity contribution < 1.29 is 0 Å². The fraction of sp³-hybridized carbons (Fsp3) is 0.273. The molecule has 2 heterocycles. The van der Waals surface area contributed by atoms with Gasteiger partial charge in [0.1, 0.15) is 5.82 Å². The molecular formula is C11H14N4S. The number of hydrogen-bond acceptors (Lipinski definition) is 4. The maximum Gasteiger partial charge on any atom is 0.123 e. The molecule has 0 aliphatic rings. The Morgan fingerprint density at radius 2 is 2.25 bits per heavy atom. The number of thioether (sulfide) groups is 1. The molecule has 2 N–H and O–H groups in total. The first-order chi connectivity index (χ1) is 7.79. The fourth-order valence-corrected chi connectivity index (χ4v) is 2.23. The molecule has 0 aromatic carbocycles. The van der Waals surface area contributed by atoms with Gasteiger partial charge in [-0.2, -0.15) is 0 Å². The van der Waals surface area contributed by atoms with E-state index in [-0.39, 0.29) is 0 Å². The standard InChI is InChI=1S/C11H14N4S/c1-2-15-8-13-5-9(15)7-16-10-3-4-11(12)14-6-10/h3-6,8H,2,7H2,1H3,(H2,12,14). The van der Waals surface area contributed by atoms with E-state index in [1.54, 1.807) is 18.0 Å². The molecule has 2 aromatic rings. The summed E-state index contributed by atoms with van der Waals surface area (Å²) in [6.07, 6.45) is 5.56. The molecule has 0 radical (unpaired) electrons. The van der Waals surface area contributed by atoms with E-state index >= 15 is 0 Å². The first-order valence-electron chi connectivity index (χ1n) is 5.13. The van der Waals surface area contributed by atoms with Crippen LogP contribution in [0.5, 0.6) is 0 Å². The van der Waals surface area contributed by atoms with E-state index in [4.69, 9.17) is 5.73 Å². The Morgan fingerprint density at radius 3 is 2.94 bits per heavy atom. The molecule has 0 bridgehead atoms. The largest absolute Gasteiger partial charge is 0.384 e. The van der Waals surface area contributed by atoms with E-state index in [0.29, 0.717) is 5.82 Å². The van der Waals surface area contributed by atoms with Gasteiger partial charge < -0.3 is 10.3 Å². The Labute approximate surface area is 98.9 Å². The highest BCUT2D eigenvalue weighted by atomic mass is 32.2. The van der Waals surface area contributed by atoms with Crippen LogP contribution in [0.3, 0.4) is 0 Å². The summed E-state index contributed by atoms with van der Waals surface area (Å²) < 4.78 is 2.14. The molecule has 0 saturated heterocycles. The van der Waals surface area contributed by atoms with Gasteiger partial charge in [0, 0.05) is 35.3 Å². The maximum atomic E-state index is 5.53. The Hall–Kier alpha value is -1.49. The monoisotopic (exact) mass is 234 g/mol. The Bertz CT molecular complexity index is 449. The van der Waals surface area contributed by atoms with Crippen molar-refractivity contribution in [3.05, 3.63) is 36.5 Å². The van der Waals surface area contributed by atoms with Crippen molar-refractivity contribution in [2.24, 2.45) is 0 Å². The van der Waals surface area contributed by atoms with E-state index in [1.807, 2.05) is 24.7 Å². The number of rotatable bonds is 4. The van der Waals surface area contributed by atoms with Gasteiger partial charge in [-0.05, 0) is 19.1 Å². The summed E-state index contributed by atoms with van der Waals surface area (Å²) in [4.78, 5) is 9.31. The smallest absolute Gasteiger partial charge is 0.123 e. The number of aromatic nitrogens is 3. The van der Waals surface area contributed by atoms with Crippen molar-refractivity contribution in [2.75, 3.05) is 5.73 Å². The molecule has 0 spiro atoms. The van der Waals surface area contributed by atoms with Crippen molar-refractivity contribution in [3.8, 4) is 0 Å².